The summed E-state index contributed by atoms with van der Waals surface area (Å²) in [6, 6.07) is 12.1. The van der Waals surface area contributed by atoms with Crippen LogP contribution in [0, 0.1) is 6.92 Å². The van der Waals surface area contributed by atoms with Crippen LogP contribution in [0.2, 0.25) is 0 Å². The zero-order chi connectivity index (χ0) is 9.97. The maximum Gasteiger partial charge on any atom is 0.0699 e. The van der Waals surface area contributed by atoms with Crippen LogP contribution in [0.5, 0.6) is 0 Å². The van der Waals surface area contributed by atoms with Gasteiger partial charge in [0.2, 0.25) is 0 Å². The number of hydrogen-bond donors (Lipinski definition) is 2. The van der Waals surface area contributed by atoms with Crippen molar-refractivity contribution in [3.63, 3.8) is 0 Å². The van der Waals surface area contributed by atoms with E-state index in [-0.39, 0.29) is 6.61 Å². The molecular formula is C12H13NO. The second-order valence-corrected chi connectivity index (χ2v) is 3.36. The van der Waals surface area contributed by atoms with Crippen LogP contribution in [0.3, 0.4) is 0 Å². The highest BCUT2D eigenvalue weighted by molar-refractivity contribution is 5.61. The van der Waals surface area contributed by atoms with Gasteiger partial charge in [0.05, 0.1) is 6.61 Å². The van der Waals surface area contributed by atoms with Crippen LogP contribution in [0.25, 0.3) is 11.3 Å². The number of benzene rings is 1. The number of H-pyrrole nitrogens is 1. The van der Waals surface area contributed by atoms with Crippen LogP contribution in [-0.2, 0) is 6.61 Å². The smallest absolute Gasteiger partial charge is 0.0699 e. The lowest BCUT2D eigenvalue weighted by Crippen LogP contribution is -1.81. The Bertz CT molecular complexity index is 417. The minimum absolute atomic E-state index is 0.0924. The first-order valence-electron chi connectivity index (χ1n) is 4.66. The van der Waals surface area contributed by atoms with Crippen LogP contribution < -0.4 is 0 Å². The van der Waals surface area contributed by atoms with Gasteiger partial charge in [-0.15, -0.1) is 0 Å². The Labute approximate surface area is 83.2 Å². The maximum absolute atomic E-state index is 9.06. The molecular weight excluding hydrogens is 174 g/mol. The van der Waals surface area contributed by atoms with E-state index in [4.69, 9.17) is 5.11 Å². The van der Waals surface area contributed by atoms with Crippen molar-refractivity contribution >= 4 is 0 Å². The molecule has 2 rings (SSSR count). The van der Waals surface area contributed by atoms with Crippen molar-refractivity contribution in [2.75, 3.05) is 0 Å². The minimum atomic E-state index is 0.0924. The molecule has 0 aliphatic heterocycles. The summed E-state index contributed by atoms with van der Waals surface area (Å²) in [4.78, 5) is 3.25. The molecule has 0 spiro atoms. The molecule has 0 fully saturated rings. The normalized spacial score (nSPS) is 10.4. The molecule has 72 valence electrons. The molecule has 2 aromatic rings. The zero-order valence-electron chi connectivity index (χ0n) is 8.12. The first-order valence-corrected chi connectivity index (χ1v) is 4.66. The van der Waals surface area contributed by atoms with Crippen LogP contribution in [0.15, 0.2) is 36.4 Å². The summed E-state index contributed by atoms with van der Waals surface area (Å²) in [5.41, 5.74) is 4.21. The summed E-state index contributed by atoms with van der Waals surface area (Å²) < 4.78 is 0. The fourth-order valence-corrected chi connectivity index (χ4v) is 1.54. The maximum atomic E-state index is 9.06. The molecule has 1 aromatic carbocycles. The van der Waals surface area contributed by atoms with Crippen molar-refractivity contribution in [2.24, 2.45) is 0 Å². The predicted molar refractivity (Wildman–Crippen MR) is 56.9 cm³/mol. The van der Waals surface area contributed by atoms with E-state index >= 15 is 0 Å². The number of hydrogen-bond acceptors (Lipinski definition) is 1. The molecule has 0 unspecified atom stereocenters. The Morgan fingerprint density at radius 2 is 1.93 bits per heavy atom. The van der Waals surface area contributed by atoms with E-state index in [9.17, 15) is 0 Å². The topological polar surface area (TPSA) is 36.0 Å². The first-order chi connectivity index (χ1) is 6.81. The fraction of sp³-hybridized carbons (Fsp3) is 0.167. The number of aromatic nitrogens is 1. The Balaban J connectivity index is 2.43. The molecule has 2 N–H and O–H groups in total. The van der Waals surface area contributed by atoms with E-state index in [1.54, 1.807) is 0 Å². The lowest BCUT2D eigenvalue weighted by atomic mass is 10.1. The first kappa shape index (κ1) is 9.03. The molecule has 0 atom stereocenters. The number of rotatable bonds is 2. The van der Waals surface area contributed by atoms with Crippen molar-refractivity contribution < 1.29 is 5.11 Å². The third-order valence-electron chi connectivity index (χ3n) is 2.38. The van der Waals surface area contributed by atoms with Gasteiger partial charge in [0.1, 0.15) is 0 Å². The molecule has 0 saturated heterocycles. The van der Waals surface area contributed by atoms with E-state index < -0.39 is 0 Å². The second kappa shape index (κ2) is 3.68. The highest BCUT2D eigenvalue weighted by Gasteiger charge is 2.04. The van der Waals surface area contributed by atoms with Crippen molar-refractivity contribution in [3.8, 4) is 11.3 Å². The van der Waals surface area contributed by atoms with Gasteiger partial charge in [-0.2, -0.15) is 0 Å². The molecule has 0 amide bonds. The third-order valence-corrected chi connectivity index (χ3v) is 2.38. The third kappa shape index (κ3) is 1.56. The zero-order valence-corrected chi connectivity index (χ0v) is 8.12. The second-order valence-electron chi connectivity index (χ2n) is 3.36. The van der Waals surface area contributed by atoms with Crippen molar-refractivity contribution in [3.05, 3.63) is 47.7 Å². The molecule has 1 aromatic heterocycles. The van der Waals surface area contributed by atoms with Crippen molar-refractivity contribution in [1.29, 1.82) is 0 Å². The van der Waals surface area contributed by atoms with Gasteiger partial charge in [0.15, 0.2) is 0 Å². The summed E-state index contributed by atoms with van der Waals surface area (Å²) >= 11 is 0. The minimum Gasteiger partial charge on any atom is -0.392 e. The highest BCUT2D eigenvalue weighted by Crippen LogP contribution is 2.21. The molecule has 0 aliphatic carbocycles. The average Bonchev–Trinajstić information content (AvgIpc) is 2.61. The largest absolute Gasteiger partial charge is 0.392 e. The molecule has 1 heterocycles. The van der Waals surface area contributed by atoms with Crippen LogP contribution in [0.4, 0.5) is 0 Å². The fourth-order valence-electron chi connectivity index (χ4n) is 1.54. The molecule has 14 heavy (non-hydrogen) atoms. The van der Waals surface area contributed by atoms with Gasteiger partial charge in [-0.25, -0.2) is 0 Å². The number of aliphatic hydroxyl groups is 1. The Morgan fingerprint density at radius 3 is 2.50 bits per heavy atom. The lowest BCUT2D eigenvalue weighted by molar-refractivity contribution is 0.281. The van der Waals surface area contributed by atoms with E-state index in [1.165, 1.54) is 0 Å². The van der Waals surface area contributed by atoms with E-state index in [0.717, 1.165) is 22.5 Å². The molecule has 2 nitrogen and oxygen atoms in total. The van der Waals surface area contributed by atoms with Crippen LogP contribution in [0.1, 0.15) is 11.3 Å². The Morgan fingerprint density at radius 1 is 1.21 bits per heavy atom. The van der Waals surface area contributed by atoms with Gasteiger partial charge in [0, 0.05) is 11.4 Å². The van der Waals surface area contributed by atoms with Gasteiger partial charge in [-0.3, -0.25) is 0 Å². The SMILES string of the molecule is Cc1[nH]c(-c2ccccc2)cc1CO. The average molecular weight is 187 g/mol. The van der Waals surface area contributed by atoms with E-state index in [1.807, 2.05) is 43.3 Å². The standard InChI is InChI=1S/C12H13NO/c1-9-11(8-14)7-12(13-9)10-5-3-2-4-6-10/h2-7,13-14H,8H2,1H3. The summed E-state index contributed by atoms with van der Waals surface area (Å²) in [6.45, 7) is 2.06. The van der Waals surface area contributed by atoms with Gasteiger partial charge in [-0.05, 0) is 24.1 Å². The molecule has 0 aliphatic rings. The lowest BCUT2D eigenvalue weighted by Gasteiger charge is -1.95. The summed E-state index contributed by atoms with van der Waals surface area (Å²) in [6.07, 6.45) is 0. The molecule has 0 saturated carbocycles. The molecule has 0 radical (unpaired) electrons. The Hall–Kier alpha value is -1.54. The molecule has 2 heteroatoms. The predicted octanol–water partition coefficient (Wildman–Crippen LogP) is 2.48. The van der Waals surface area contributed by atoms with Crippen molar-refractivity contribution in [2.45, 2.75) is 13.5 Å². The summed E-state index contributed by atoms with van der Waals surface area (Å²) in [5.74, 6) is 0. The number of aliphatic hydroxyl groups excluding tert-OH is 1. The summed E-state index contributed by atoms with van der Waals surface area (Å²) in [5, 5.41) is 9.06. The summed E-state index contributed by atoms with van der Waals surface area (Å²) in [7, 11) is 0. The quantitative estimate of drug-likeness (QED) is 0.744. The van der Waals surface area contributed by atoms with Gasteiger partial charge in [0.25, 0.3) is 0 Å². The van der Waals surface area contributed by atoms with E-state index in [0.29, 0.717) is 0 Å². The number of nitrogens with one attached hydrogen (secondary N) is 1. The van der Waals surface area contributed by atoms with Gasteiger partial charge >= 0.3 is 0 Å². The van der Waals surface area contributed by atoms with Crippen LogP contribution >= 0.6 is 0 Å². The highest BCUT2D eigenvalue weighted by atomic mass is 16.3. The monoisotopic (exact) mass is 187 g/mol. The number of aryl methyl sites for hydroxylation is 1. The Kier molecular flexibility index (Phi) is 2.37. The number of aromatic amines is 1. The van der Waals surface area contributed by atoms with Crippen LogP contribution in [-0.4, -0.2) is 10.1 Å². The van der Waals surface area contributed by atoms with Gasteiger partial charge < -0.3 is 10.1 Å². The van der Waals surface area contributed by atoms with Crippen molar-refractivity contribution in [1.82, 2.24) is 4.98 Å². The molecule has 0 bridgehead atoms. The van der Waals surface area contributed by atoms with Gasteiger partial charge in [-0.1, -0.05) is 30.3 Å². The van der Waals surface area contributed by atoms with E-state index in [2.05, 4.69) is 4.98 Å².